The molecule has 5 rings (SSSR count). The second-order valence-electron chi connectivity index (χ2n) is 7.28. The molecule has 32 heavy (non-hydrogen) atoms. The van der Waals surface area contributed by atoms with Crippen LogP contribution in [0.25, 0.3) is 33.5 Å². The number of amides is 1. The van der Waals surface area contributed by atoms with Gasteiger partial charge >= 0.3 is 0 Å². The average Bonchev–Trinajstić information content (AvgIpc) is 3.57. The molecule has 0 bridgehead atoms. The number of nitrogens with zero attached hydrogens (tertiary/aromatic N) is 3. The van der Waals surface area contributed by atoms with Crippen LogP contribution in [0.5, 0.6) is 0 Å². The summed E-state index contributed by atoms with van der Waals surface area (Å²) >= 11 is 2.97. The highest BCUT2D eigenvalue weighted by molar-refractivity contribution is 7.17. The summed E-state index contributed by atoms with van der Waals surface area (Å²) in [6.07, 6.45) is 0. The van der Waals surface area contributed by atoms with E-state index in [2.05, 4.69) is 20.6 Å². The highest BCUT2D eigenvalue weighted by Gasteiger charge is 2.23. The van der Waals surface area contributed by atoms with Crippen LogP contribution in [0.4, 0.5) is 5.00 Å². The van der Waals surface area contributed by atoms with Crippen LogP contribution in [0.1, 0.15) is 26.5 Å². The predicted molar refractivity (Wildman–Crippen MR) is 125 cm³/mol. The first kappa shape index (κ1) is 20.3. The van der Waals surface area contributed by atoms with Gasteiger partial charge in [-0.15, -0.1) is 22.7 Å². The molecular weight excluding hydrogens is 444 g/mol. The molecule has 0 aliphatic heterocycles. The Kier molecular flexibility index (Phi) is 5.20. The van der Waals surface area contributed by atoms with Gasteiger partial charge in [0.15, 0.2) is 11.5 Å². The highest BCUT2D eigenvalue weighted by Crippen LogP contribution is 2.40. The summed E-state index contributed by atoms with van der Waals surface area (Å²) < 4.78 is 10.9. The SMILES string of the molecule is Cc1ccc(-c2noc(-c3c(NC(=O)c4cc(-c5cccs5)on4)sc(C)c3C)n2)cc1. The van der Waals surface area contributed by atoms with Gasteiger partial charge in [-0.1, -0.05) is 46.2 Å². The Balaban J connectivity index is 1.44. The van der Waals surface area contributed by atoms with Crippen molar-refractivity contribution in [3.8, 4) is 33.5 Å². The van der Waals surface area contributed by atoms with Gasteiger partial charge in [0.05, 0.1) is 10.4 Å². The third-order valence-electron chi connectivity index (χ3n) is 5.07. The standard InChI is InChI=1S/C23H18N4O3S2/c1-12-6-8-15(9-7-12)20-24-22(30-27-20)19-13(2)14(3)32-23(19)25-21(28)16-11-17(29-26-16)18-5-4-10-31-18/h4-11H,1-3H3,(H,25,28). The number of benzene rings is 1. The number of hydrogen-bond donors (Lipinski definition) is 1. The van der Waals surface area contributed by atoms with E-state index < -0.39 is 0 Å². The fourth-order valence-electron chi connectivity index (χ4n) is 3.20. The Labute approximate surface area is 191 Å². The molecule has 0 spiro atoms. The molecule has 9 heteroatoms. The van der Waals surface area contributed by atoms with E-state index in [0.717, 1.165) is 26.4 Å². The molecule has 1 N–H and O–H groups in total. The Morgan fingerprint density at radius 2 is 1.84 bits per heavy atom. The van der Waals surface area contributed by atoms with Gasteiger partial charge in [0.2, 0.25) is 5.82 Å². The number of anilines is 1. The van der Waals surface area contributed by atoms with Crippen molar-refractivity contribution >= 4 is 33.6 Å². The van der Waals surface area contributed by atoms with Gasteiger partial charge < -0.3 is 14.4 Å². The zero-order valence-corrected chi connectivity index (χ0v) is 19.1. The lowest BCUT2D eigenvalue weighted by Crippen LogP contribution is -2.11. The quantitative estimate of drug-likeness (QED) is 0.327. The molecule has 0 atom stereocenters. The van der Waals surface area contributed by atoms with Crippen LogP contribution in [0.2, 0.25) is 0 Å². The lowest BCUT2D eigenvalue weighted by molar-refractivity contribution is 0.101. The van der Waals surface area contributed by atoms with E-state index in [0.29, 0.717) is 28.0 Å². The van der Waals surface area contributed by atoms with E-state index >= 15 is 0 Å². The van der Waals surface area contributed by atoms with Gasteiger partial charge in [0.1, 0.15) is 5.00 Å². The number of rotatable bonds is 5. The minimum atomic E-state index is -0.364. The maximum absolute atomic E-state index is 12.9. The van der Waals surface area contributed by atoms with Gasteiger partial charge in [0.25, 0.3) is 11.8 Å². The Morgan fingerprint density at radius 1 is 1.03 bits per heavy atom. The molecule has 160 valence electrons. The summed E-state index contributed by atoms with van der Waals surface area (Å²) in [5.74, 6) is 1.05. The zero-order chi connectivity index (χ0) is 22.2. The Morgan fingerprint density at radius 3 is 2.59 bits per heavy atom. The van der Waals surface area contributed by atoms with Crippen molar-refractivity contribution in [3.05, 3.63) is 69.5 Å². The summed E-state index contributed by atoms with van der Waals surface area (Å²) in [6, 6.07) is 13.4. The van der Waals surface area contributed by atoms with E-state index in [9.17, 15) is 4.79 Å². The van der Waals surface area contributed by atoms with Crippen molar-refractivity contribution in [1.82, 2.24) is 15.3 Å². The number of nitrogens with one attached hydrogen (secondary N) is 1. The zero-order valence-electron chi connectivity index (χ0n) is 17.5. The van der Waals surface area contributed by atoms with Crippen molar-refractivity contribution in [2.45, 2.75) is 20.8 Å². The highest BCUT2D eigenvalue weighted by atomic mass is 32.1. The minimum Gasteiger partial charge on any atom is -0.355 e. The molecule has 4 heterocycles. The van der Waals surface area contributed by atoms with Crippen LogP contribution in [0, 0.1) is 20.8 Å². The first-order chi connectivity index (χ1) is 15.5. The largest absolute Gasteiger partial charge is 0.355 e. The molecule has 7 nitrogen and oxygen atoms in total. The van der Waals surface area contributed by atoms with Crippen LogP contribution >= 0.6 is 22.7 Å². The van der Waals surface area contributed by atoms with Crippen molar-refractivity contribution in [2.75, 3.05) is 5.32 Å². The molecule has 0 unspecified atom stereocenters. The average molecular weight is 463 g/mol. The smallest absolute Gasteiger partial charge is 0.278 e. The molecule has 0 saturated carbocycles. The molecule has 0 radical (unpaired) electrons. The summed E-state index contributed by atoms with van der Waals surface area (Å²) in [7, 11) is 0. The number of carbonyl (C=O) groups excluding carboxylic acids is 1. The monoisotopic (exact) mass is 462 g/mol. The molecule has 4 aromatic heterocycles. The van der Waals surface area contributed by atoms with E-state index in [-0.39, 0.29) is 11.6 Å². The second kappa shape index (κ2) is 8.18. The van der Waals surface area contributed by atoms with Gasteiger partial charge in [-0.05, 0) is 37.8 Å². The first-order valence-electron chi connectivity index (χ1n) is 9.82. The number of carbonyl (C=O) groups is 1. The molecular formula is C23H18N4O3S2. The van der Waals surface area contributed by atoms with Crippen LogP contribution in [-0.4, -0.2) is 21.2 Å². The lowest BCUT2D eigenvalue weighted by atomic mass is 10.1. The van der Waals surface area contributed by atoms with Crippen LogP contribution in [-0.2, 0) is 0 Å². The first-order valence-corrected chi connectivity index (χ1v) is 11.5. The normalized spacial score (nSPS) is 11.1. The molecule has 1 aromatic carbocycles. The van der Waals surface area contributed by atoms with E-state index in [1.807, 2.05) is 62.5 Å². The van der Waals surface area contributed by atoms with Crippen LogP contribution < -0.4 is 5.32 Å². The number of thiophene rings is 2. The molecule has 0 aliphatic carbocycles. The maximum Gasteiger partial charge on any atom is 0.278 e. The summed E-state index contributed by atoms with van der Waals surface area (Å²) in [4.78, 5) is 19.4. The Hall–Kier alpha value is -3.56. The predicted octanol–water partition coefficient (Wildman–Crippen LogP) is 6.36. The number of aryl methyl sites for hydroxylation is 2. The second-order valence-corrected chi connectivity index (χ2v) is 9.46. The van der Waals surface area contributed by atoms with Gasteiger partial charge in [-0.3, -0.25) is 4.79 Å². The molecule has 0 fully saturated rings. The van der Waals surface area contributed by atoms with Gasteiger partial charge in [0, 0.05) is 16.5 Å². The van der Waals surface area contributed by atoms with Gasteiger partial charge in [-0.2, -0.15) is 4.98 Å². The minimum absolute atomic E-state index is 0.203. The van der Waals surface area contributed by atoms with E-state index in [4.69, 9.17) is 9.05 Å². The fraction of sp³-hybridized carbons (Fsp3) is 0.130. The molecule has 5 aromatic rings. The molecule has 1 amide bonds. The fourth-order valence-corrected chi connectivity index (χ4v) is 4.92. The maximum atomic E-state index is 12.9. The summed E-state index contributed by atoms with van der Waals surface area (Å²) in [6.45, 7) is 5.98. The summed E-state index contributed by atoms with van der Waals surface area (Å²) in [5.41, 5.74) is 3.91. The van der Waals surface area contributed by atoms with Crippen molar-refractivity contribution < 1.29 is 13.8 Å². The van der Waals surface area contributed by atoms with E-state index in [1.54, 1.807) is 6.07 Å². The van der Waals surface area contributed by atoms with Crippen molar-refractivity contribution in [2.24, 2.45) is 0 Å². The number of aromatic nitrogens is 3. The third-order valence-corrected chi connectivity index (χ3v) is 7.08. The van der Waals surface area contributed by atoms with Crippen molar-refractivity contribution in [3.63, 3.8) is 0 Å². The topological polar surface area (TPSA) is 94.1 Å². The Bertz CT molecular complexity index is 1400. The third kappa shape index (κ3) is 3.76. The number of hydrogen-bond acceptors (Lipinski definition) is 8. The van der Waals surface area contributed by atoms with Crippen LogP contribution in [0.15, 0.2) is 56.9 Å². The van der Waals surface area contributed by atoms with Gasteiger partial charge in [-0.25, -0.2) is 0 Å². The molecule has 0 aliphatic rings. The van der Waals surface area contributed by atoms with E-state index in [1.165, 1.54) is 22.7 Å². The lowest BCUT2D eigenvalue weighted by Gasteiger charge is -2.02. The molecule has 0 saturated heterocycles. The van der Waals surface area contributed by atoms with Crippen LogP contribution in [0.3, 0.4) is 0 Å². The summed E-state index contributed by atoms with van der Waals surface area (Å²) in [5, 5.41) is 13.6. The van der Waals surface area contributed by atoms with Crippen molar-refractivity contribution in [1.29, 1.82) is 0 Å².